The maximum atomic E-state index is 10.1. The summed E-state index contributed by atoms with van der Waals surface area (Å²) in [6.45, 7) is -0.981. The third-order valence-corrected chi connectivity index (χ3v) is 0.879. The van der Waals surface area contributed by atoms with Crippen molar-refractivity contribution in [2.75, 3.05) is 13.2 Å². The third kappa shape index (κ3) is 5.30. The van der Waals surface area contributed by atoms with Crippen molar-refractivity contribution in [1.82, 2.24) is 0 Å². The van der Waals surface area contributed by atoms with Crippen molar-refractivity contribution in [3.8, 4) is 0 Å². The average Bonchev–Trinajstić information content (AvgIpc) is 1.97. The number of carbonyl (C=O) groups excluding carboxylic acids is 1. The van der Waals surface area contributed by atoms with Crippen LogP contribution < -0.4 is 5.73 Å². The summed E-state index contributed by atoms with van der Waals surface area (Å²) >= 11 is 0. The molecule has 0 spiro atoms. The Morgan fingerprint density at radius 3 is 2.42 bits per heavy atom. The van der Waals surface area contributed by atoms with E-state index in [2.05, 4.69) is 15.2 Å². The standard InChI is InChI=1S/C5H9NO6/c6-4(8)12-3(1-7)2-11-5(9)10/h3,7H,1-2H2,(H2,6,8)(H,9,10). The van der Waals surface area contributed by atoms with E-state index in [1.807, 2.05) is 0 Å². The Bertz CT molecular complexity index is 169. The Labute approximate surface area is 67.7 Å². The summed E-state index contributed by atoms with van der Waals surface area (Å²) in [6, 6.07) is 0. The molecule has 0 heterocycles. The largest absolute Gasteiger partial charge is 0.505 e. The number of primary amides is 1. The first-order valence-corrected chi connectivity index (χ1v) is 2.99. The SMILES string of the molecule is NC(=O)OC(CO)COC(=O)O. The van der Waals surface area contributed by atoms with Crippen molar-refractivity contribution in [2.24, 2.45) is 5.73 Å². The van der Waals surface area contributed by atoms with Crippen LogP contribution in [0.1, 0.15) is 0 Å². The predicted octanol–water partition coefficient (Wildman–Crippen LogP) is -0.863. The molecule has 0 aromatic carbocycles. The molecule has 0 aromatic heterocycles. The fourth-order valence-corrected chi connectivity index (χ4v) is 0.452. The van der Waals surface area contributed by atoms with Gasteiger partial charge in [-0.3, -0.25) is 0 Å². The first-order valence-electron chi connectivity index (χ1n) is 2.99. The molecule has 0 bridgehead atoms. The van der Waals surface area contributed by atoms with E-state index < -0.39 is 31.6 Å². The van der Waals surface area contributed by atoms with E-state index in [1.165, 1.54) is 0 Å². The first kappa shape index (κ1) is 10.5. The Morgan fingerprint density at radius 1 is 1.50 bits per heavy atom. The van der Waals surface area contributed by atoms with Crippen molar-refractivity contribution in [3.05, 3.63) is 0 Å². The molecular weight excluding hydrogens is 170 g/mol. The van der Waals surface area contributed by atoms with Gasteiger partial charge in [0.25, 0.3) is 0 Å². The van der Waals surface area contributed by atoms with Crippen molar-refractivity contribution in [1.29, 1.82) is 0 Å². The highest BCUT2D eigenvalue weighted by molar-refractivity contribution is 5.64. The Morgan fingerprint density at radius 2 is 2.08 bits per heavy atom. The van der Waals surface area contributed by atoms with Gasteiger partial charge >= 0.3 is 12.2 Å². The number of hydrogen-bond donors (Lipinski definition) is 3. The van der Waals surface area contributed by atoms with Gasteiger partial charge in [0, 0.05) is 0 Å². The lowest BCUT2D eigenvalue weighted by molar-refractivity contribution is 0.00436. The topological polar surface area (TPSA) is 119 Å². The molecule has 1 unspecified atom stereocenters. The summed E-state index contributed by atoms with van der Waals surface area (Å²) < 4.78 is 8.27. The van der Waals surface area contributed by atoms with E-state index >= 15 is 0 Å². The van der Waals surface area contributed by atoms with Gasteiger partial charge in [-0.15, -0.1) is 0 Å². The minimum Gasteiger partial charge on any atom is -0.450 e. The highest BCUT2D eigenvalue weighted by Crippen LogP contribution is 1.92. The molecule has 0 saturated heterocycles. The lowest BCUT2D eigenvalue weighted by Gasteiger charge is -2.11. The van der Waals surface area contributed by atoms with Gasteiger partial charge in [0.2, 0.25) is 0 Å². The smallest absolute Gasteiger partial charge is 0.450 e. The lowest BCUT2D eigenvalue weighted by Crippen LogP contribution is -2.30. The number of rotatable bonds is 4. The van der Waals surface area contributed by atoms with E-state index in [-0.39, 0.29) is 0 Å². The molecule has 12 heavy (non-hydrogen) atoms. The molecule has 0 aromatic rings. The van der Waals surface area contributed by atoms with Gasteiger partial charge in [0.15, 0.2) is 6.10 Å². The number of nitrogens with two attached hydrogens (primary N) is 1. The van der Waals surface area contributed by atoms with E-state index in [0.717, 1.165) is 0 Å². The van der Waals surface area contributed by atoms with Gasteiger partial charge in [-0.25, -0.2) is 9.59 Å². The molecule has 7 nitrogen and oxygen atoms in total. The summed E-state index contributed by atoms with van der Waals surface area (Å²) in [4.78, 5) is 19.9. The maximum absolute atomic E-state index is 10.1. The average molecular weight is 179 g/mol. The number of carbonyl (C=O) groups is 2. The summed E-state index contributed by atoms with van der Waals surface area (Å²) in [5.74, 6) is 0. The lowest BCUT2D eigenvalue weighted by atomic mass is 10.4. The number of carboxylic acid groups (broad SMARTS) is 1. The van der Waals surface area contributed by atoms with Crippen LogP contribution in [-0.4, -0.2) is 41.8 Å². The van der Waals surface area contributed by atoms with Crippen LogP contribution in [0.15, 0.2) is 0 Å². The van der Waals surface area contributed by atoms with Gasteiger partial charge in [0.05, 0.1) is 6.61 Å². The van der Waals surface area contributed by atoms with Gasteiger partial charge in [0.1, 0.15) is 6.61 Å². The van der Waals surface area contributed by atoms with Crippen LogP contribution in [0.5, 0.6) is 0 Å². The molecule has 0 aliphatic carbocycles. The number of aliphatic hydroxyl groups is 1. The van der Waals surface area contributed by atoms with Crippen LogP contribution in [0.25, 0.3) is 0 Å². The quantitative estimate of drug-likeness (QED) is 0.483. The second-order valence-electron chi connectivity index (χ2n) is 1.82. The number of amides is 1. The summed E-state index contributed by atoms with van der Waals surface area (Å²) in [5, 5.41) is 16.5. The van der Waals surface area contributed by atoms with Crippen molar-refractivity contribution >= 4 is 12.2 Å². The molecule has 0 radical (unpaired) electrons. The molecule has 0 aliphatic heterocycles. The predicted molar refractivity (Wildman–Crippen MR) is 35.5 cm³/mol. The summed E-state index contributed by atoms with van der Waals surface area (Å²) in [5.41, 5.74) is 4.60. The molecule has 1 amide bonds. The van der Waals surface area contributed by atoms with Crippen LogP contribution in [0.3, 0.4) is 0 Å². The molecule has 0 aliphatic rings. The van der Waals surface area contributed by atoms with E-state index in [4.69, 9.17) is 10.2 Å². The van der Waals surface area contributed by atoms with E-state index in [1.54, 1.807) is 0 Å². The molecule has 1 atom stereocenters. The summed E-state index contributed by atoms with van der Waals surface area (Å²) in [6.07, 6.45) is -3.65. The molecule has 70 valence electrons. The van der Waals surface area contributed by atoms with Crippen molar-refractivity contribution in [3.63, 3.8) is 0 Å². The van der Waals surface area contributed by atoms with Crippen LogP contribution in [0.2, 0.25) is 0 Å². The normalized spacial score (nSPS) is 11.8. The van der Waals surface area contributed by atoms with Crippen LogP contribution in [-0.2, 0) is 9.47 Å². The second kappa shape index (κ2) is 5.19. The molecular formula is C5H9NO6. The van der Waals surface area contributed by atoms with Crippen LogP contribution in [0, 0.1) is 0 Å². The molecule has 0 fully saturated rings. The van der Waals surface area contributed by atoms with Crippen LogP contribution in [0.4, 0.5) is 9.59 Å². The van der Waals surface area contributed by atoms with Gasteiger partial charge < -0.3 is 25.4 Å². The van der Waals surface area contributed by atoms with E-state index in [9.17, 15) is 9.59 Å². The zero-order valence-corrected chi connectivity index (χ0v) is 6.10. The summed E-state index contributed by atoms with van der Waals surface area (Å²) in [7, 11) is 0. The number of hydrogen-bond acceptors (Lipinski definition) is 5. The Hall–Kier alpha value is -1.50. The minimum absolute atomic E-state index is 0.436. The fraction of sp³-hybridized carbons (Fsp3) is 0.600. The fourth-order valence-electron chi connectivity index (χ4n) is 0.452. The van der Waals surface area contributed by atoms with Gasteiger partial charge in [-0.2, -0.15) is 0 Å². The zero-order valence-electron chi connectivity index (χ0n) is 6.10. The van der Waals surface area contributed by atoms with Gasteiger partial charge in [-0.1, -0.05) is 0 Å². The number of aliphatic hydroxyl groups excluding tert-OH is 1. The monoisotopic (exact) mass is 179 g/mol. The number of ether oxygens (including phenoxy) is 2. The first-order chi connectivity index (χ1) is 5.56. The minimum atomic E-state index is -1.51. The van der Waals surface area contributed by atoms with Crippen molar-refractivity contribution in [2.45, 2.75) is 6.10 Å². The molecule has 0 rings (SSSR count). The second-order valence-corrected chi connectivity index (χ2v) is 1.82. The molecule has 7 heteroatoms. The zero-order chi connectivity index (χ0) is 9.56. The van der Waals surface area contributed by atoms with Crippen LogP contribution >= 0.6 is 0 Å². The molecule has 4 N–H and O–H groups in total. The van der Waals surface area contributed by atoms with Gasteiger partial charge in [-0.05, 0) is 0 Å². The maximum Gasteiger partial charge on any atom is 0.505 e. The Balaban J connectivity index is 3.67. The third-order valence-electron chi connectivity index (χ3n) is 0.879. The highest BCUT2D eigenvalue weighted by Gasteiger charge is 2.13. The Kier molecular flexibility index (Phi) is 4.54. The highest BCUT2D eigenvalue weighted by atomic mass is 16.7. The van der Waals surface area contributed by atoms with E-state index in [0.29, 0.717) is 0 Å². The van der Waals surface area contributed by atoms with Crippen molar-refractivity contribution < 1.29 is 29.3 Å². The molecule has 0 saturated carbocycles.